The van der Waals surface area contributed by atoms with Crippen molar-refractivity contribution in [3.8, 4) is 16.5 Å². The standard InChI is InChI=1S/C30H39N7O6S2/c1-5-42-26-18-31-16-24(34-26)25-17-33-28(44-25)27(38)35-23(15-20-8-6-7-13-37(20)29(39)43-30(2,3)4)22-14-19(11-12-32-22)36-45(40,41)21-9-10-21/h11-12,14,16-18,20-21,23H,5-10,13,15H2,1-4H3,(H,32,36)(H,35,38)/t20-,23-/m0/s1. The molecule has 5 rings (SSSR count). The van der Waals surface area contributed by atoms with E-state index in [2.05, 4.69) is 30.0 Å². The zero-order valence-corrected chi connectivity index (χ0v) is 27.5. The molecule has 0 spiro atoms. The van der Waals surface area contributed by atoms with Crippen LogP contribution in [0, 0.1) is 0 Å². The van der Waals surface area contributed by atoms with Gasteiger partial charge in [-0.05, 0) is 78.4 Å². The number of pyridine rings is 1. The van der Waals surface area contributed by atoms with Crippen LogP contribution in [0.15, 0.2) is 36.9 Å². The fraction of sp³-hybridized carbons (Fsp3) is 0.533. The third-order valence-corrected chi connectivity index (χ3v) is 10.2. The lowest BCUT2D eigenvalue weighted by molar-refractivity contribution is 0.00767. The summed E-state index contributed by atoms with van der Waals surface area (Å²) < 4.78 is 39.1. The number of sulfonamides is 1. The normalized spacial score (nSPS) is 17.8. The molecule has 242 valence electrons. The number of hydrogen-bond acceptors (Lipinski definition) is 11. The Morgan fingerprint density at radius 1 is 1.13 bits per heavy atom. The van der Waals surface area contributed by atoms with Gasteiger partial charge in [-0.3, -0.25) is 19.5 Å². The van der Waals surface area contributed by atoms with E-state index in [4.69, 9.17) is 9.47 Å². The fourth-order valence-corrected chi connectivity index (χ4v) is 7.21. The Balaban J connectivity index is 1.40. The fourth-order valence-electron chi connectivity index (χ4n) is 5.06. The summed E-state index contributed by atoms with van der Waals surface area (Å²) in [7, 11) is -3.51. The molecule has 0 aromatic carbocycles. The summed E-state index contributed by atoms with van der Waals surface area (Å²) in [5, 5.41) is 2.87. The Morgan fingerprint density at radius 3 is 2.67 bits per heavy atom. The molecule has 1 aliphatic carbocycles. The van der Waals surface area contributed by atoms with E-state index < -0.39 is 38.9 Å². The number of nitrogens with one attached hydrogen (secondary N) is 2. The van der Waals surface area contributed by atoms with Gasteiger partial charge in [-0.15, -0.1) is 11.3 Å². The third kappa shape index (κ3) is 8.66. The van der Waals surface area contributed by atoms with Crippen LogP contribution in [-0.2, 0) is 14.8 Å². The van der Waals surface area contributed by atoms with Crippen LogP contribution in [0.3, 0.4) is 0 Å². The quantitative estimate of drug-likeness (QED) is 0.288. The van der Waals surface area contributed by atoms with E-state index >= 15 is 0 Å². The van der Waals surface area contributed by atoms with E-state index in [9.17, 15) is 18.0 Å². The molecule has 1 aliphatic heterocycles. The van der Waals surface area contributed by atoms with Crippen LogP contribution in [0.25, 0.3) is 10.6 Å². The molecule has 2 amide bonds. The molecule has 1 saturated carbocycles. The number of hydrogen-bond donors (Lipinski definition) is 2. The topological polar surface area (TPSA) is 166 Å². The van der Waals surface area contributed by atoms with E-state index in [-0.39, 0.29) is 11.0 Å². The summed E-state index contributed by atoms with van der Waals surface area (Å²) in [6.07, 6.45) is 9.84. The molecular formula is C30H39N7O6S2. The predicted molar refractivity (Wildman–Crippen MR) is 170 cm³/mol. The van der Waals surface area contributed by atoms with E-state index in [0.29, 0.717) is 60.2 Å². The summed E-state index contributed by atoms with van der Waals surface area (Å²) in [5.74, 6) is -0.0599. The molecule has 2 fully saturated rings. The maximum atomic E-state index is 13.6. The van der Waals surface area contributed by atoms with Gasteiger partial charge >= 0.3 is 6.09 Å². The Labute approximate surface area is 267 Å². The molecule has 3 aromatic heterocycles. The molecule has 13 nitrogen and oxygen atoms in total. The van der Waals surface area contributed by atoms with Gasteiger partial charge in [-0.2, -0.15) is 0 Å². The molecule has 1 saturated heterocycles. The summed E-state index contributed by atoms with van der Waals surface area (Å²) in [5.41, 5.74) is 0.696. The molecule has 15 heteroatoms. The van der Waals surface area contributed by atoms with Gasteiger partial charge in [-0.25, -0.2) is 23.2 Å². The average molecular weight is 658 g/mol. The van der Waals surface area contributed by atoms with Gasteiger partial charge in [0.05, 0.1) is 46.6 Å². The molecule has 2 atom stereocenters. The Hall–Kier alpha value is -3.85. The van der Waals surface area contributed by atoms with Crippen molar-refractivity contribution in [1.82, 2.24) is 30.2 Å². The molecule has 3 aromatic rings. The van der Waals surface area contributed by atoms with E-state index in [1.807, 2.05) is 27.7 Å². The number of carbonyl (C=O) groups is 2. The minimum atomic E-state index is -3.51. The molecule has 4 heterocycles. The minimum Gasteiger partial charge on any atom is -0.477 e. The lowest BCUT2D eigenvalue weighted by Gasteiger charge is -2.38. The number of rotatable bonds is 11. The number of amides is 2. The van der Waals surface area contributed by atoms with Crippen LogP contribution in [0.5, 0.6) is 5.88 Å². The maximum absolute atomic E-state index is 13.6. The van der Waals surface area contributed by atoms with Crippen LogP contribution in [0.2, 0.25) is 0 Å². The van der Waals surface area contributed by atoms with E-state index in [0.717, 1.165) is 30.6 Å². The lowest BCUT2D eigenvalue weighted by Crippen LogP contribution is -2.47. The maximum Gasteiger partial charge on any atom is 0.410 e. The van der Waals surface area contributed by atoms with Crippen molar-refractivity contribution in [2.45, 2.75) is 89.2 Å². The largest absolute Gasteiger partial charge is 0.477 e. The third-order valence-electron chi connectivity index (χ3n) is 7.29. The number of thiazole rings is 1. The highest BCUT2D eigenvalue weighted by atomic mass is 32.2. The number of piperidine rings is 1. The van der Waals surface area contributed by atoms with Gasteiger partial charge in [0, 0.05) is 25.0 Å². The predicted octanol–water partition coefficient (Wildman–Crippen LogP) is 4.95. The SMILES string of the molecule is CCOc1cncc(-c2cnc(C(=O)N[C@@H](C[C@@H]3CCCCN3C(=O)OC(C)(C)C)c3cc(NS(=O)(=O)C4CC4)ccn3)s2)n1. The number of nitrogens with zero attached hydrogens (tertiary/aromatic N) is 5. The van der Waals surface area contributed by atoms with Crippen LogP contribution in [0.4, 0.5) is 10.5 Å². The van der Waals surface area contributed by atoms with Crippen molar-refractivity contribution in [2.24, 2.45) is 0 Å². The van der Waals surface area contributed by atoms with Crippen LogP contribution < -0.4 is 14.8 Å². The van der Waals surface area contributed by atoms with Crippen molar-refractivity contribution < 1.29 is 27.5 Å². The van der Waals surface area contributed by atoms with Gasteiger partial charge in [0.25, 0.3) is 5.91 Å². The number of carbonyl (C=O) groups excluding carboxylic acids is 2. The van der Waals surface area contributed by atoms with Crippen molar-refractivity contribution >= 4 is 39.0 Å². The van der Waals surface area contributed by atoms with Gasteiger partial charge in [-0.1, -0.05) is 0 Å². The summed E-state index contributed by atoms with van der Waals surface area (Å²) >= 11 is 1.16. The van der Waals surface area contributed by atoms with Crippen LogP contribution in [-0.4, -0.2) is 75.3 Å². The average Bonchev–Trinajstić information content (AvgIpc) is 3.74. The van der Waals surface area contributed by atoms with Crippen LogP contribution in [0.1, 0.15) is 87.8 Å². The first-order valence-electron chi connectivity index (χ1n) is 15.1. The van der Waals surface area contributed by atoms with Crippen molar-refractivity contribution in [1.29, 1.82) is 0 Å². The first kappa shape index (κ1) is 32.5. The van der Waals surface area contributed by atoms with Crippen molar-refractivity contribution in [3.63, 3.8) is 0 Å². The van der Waals surface area contributed by atoms with Gasteiger partial charge < -0.3 is 19.7 Å². The van der Waals surface area contributed by atoms with E-state index in [1.165, 1.54) is 12.4 Å². The highest BCUT2D eigenvalue weighted by molar-refractivity contribution is 7.93. The molecule has 0 bridgehead atoms. The number of ether oxygens (including phenoxy) is 2. The second-order valence-electron chi connectivity index (χ2n) is 12.1. The Bertz CT molecular complexity index is 1620. The molecular weight excluding hydrogens is 619 g/mol. The Morgan fingerprint density at radius 2 is 1.93 bits per heavy atom. The molecule has 45 heavy (non-hydrogen) atoms. The highest BCUT2D eigenvalue weighted by Gasteiger charge is 2.36. The van der Waals surface area contributed by atoms with E-state index in [1.54, 1.807) is 29.4 Å². The first-order valence-corrected chi connectivity index (χ1v) is 17.5. The molecule has 2 N–H and O–H groups in total. The van der Waals surface area contributed by atoms with Gasteiger partial charge in [0.2, 0.25) is 15.9 Å². The molecule has 0 unspecified atom stereocenters. The second-order valence-corrected chi connectivity index (χ2v) is 15.1. The van der Waals surface area contributed by atoms with Crippen molar-refractivity contribution in [3.05, 3.63) is 47.6 Å². The number of aromatic nitrogens is 4. The minimum absolute atomic E-state index is 0.205. The molecule has 0 radical (unpaired) electrons. The second kappa shape index (κ2) is 13.6. The zero-order valence-electron chi connectivity index (χ0n) is 25.9. The molecule has 2 aliphatic rings. The zero-order chi connectivity index (χ0) is 32.2. The van der Waals surface area contributed by atoms with Crippen LogP contribution >= 0.6 is 11.3 Å². The van der Waals surface area contributed by atoms with Crippen molar-refractivity contribution in [2.75, 3.05) is 17.9 Å². The summed E-state index contributed by atoms with van der Waals surface area (Å²) in [6.45, 7) is 8.31. The summed E-state index contributed by atoms with van der Waals surface area (Å²) in [6, 6.07) is 2.31. The van der Waals surface area contributed by atoms with Gasteiger partial charge in [0.15, 0.2) is 5.01 Å². The number of likely N-dealkylation sites (tertiary alicyclic amines) is 1. The smallest absolute Gasteiger partial charge is 0.410 e. The summed E-state index contributed by atoms with van der Waals surface area (Å²) in [4.78, 5) is 46.6. The highest BCUT2D eigenvalue weighted by Crippen LogP contribution is 2.32. The number of anilines is 1. The lowest BCUT2D eigenvalue weighted by atomic mass is 9.94. The Kier molecular flexibility index (Phi) is 9.87. The van der Waals surface area contributed by atoms with Gasteiger partial charge in [0.1, 0.15) is 11.3 Å². The monoisotopic (exact) mass is 657 g/mol. The first-order chi connectivity index (χ1) is 21.4.